The molecule has 2 aliphatic heterocycles. The number of likely N-dealkylation sites (tertiary alicyclic amines) is 1. The minimum Gasteiger partial charge on any atom is -0.300 e. The van der Waals surface area contributed by atoms with Gasteiger partial charge in [0.15, 0.2) is 0 Å². The van der Waals surface area contributed by atoms with Gasteiger partial charge in [0.2, 0.25) is 0 Å². The van der Waals surface area contributed by atoms with Crippen molar-refractivity contribution in [3.63, 3.8) is 0 Å². The Bertz CT molecular complexity index is 449. The van der Waals surface area contributed by atoms with Gasteiger partial charge in [-0.2, -0.15) is 11.8 Å². The van der Waals surface area contributed by atoms with E-state index < -0.39 is 0 Å². The van der Waals surface area contributed by atoms with Crippen molar-refractivity contribution in [3.05, 3.63) is 21.9 Å². The molecule has 3 rings (SSSR count). The summed E-state index contributed by atoms with van der Waals surface area (Å²) in [6.45, 7) is 11.1. The van der Waals surface area contributed by atoms with Gasteiger partial charge in [-0.3, -0.25) is 14.7 Å². The van der Waals surface area contributed by atoms with Crippen LogP contribution in [0.4, 0.5) is 0 Å². The molecule has 2 aliphatic rings. The standard InChI is InChI=1S/C18H31N3S2/c1-22-14-13-19-9-11-21(12-10-19)16-18-6-5-17(23-18)15-20-7-3-2-4-8-20/h5-6H,2-4,7-16H2,1H3. The van der Waals surface area contributed by atoms with Crippen LogP contribution in [0.3, 0.4) is 0 Å². The van der Waals surface area contributed by atoms with Crippen molar-refractivity contribution in [2.75, 3.05) is 57.8 Å². The number of thiophene rings is 1. The molecule has 130 valence electrons. The smallest absolute Gasteiger partial charge is 0.0329 e. The number of thioether (sulfide) groups is 1. The predicted octanol–water partition coefficient (Wildman–Crippen LogP) is 3.21. The summed E-state index contributed by atoms with van der Waals surface area (Å²) in [5.74, 6) is 1.27. The van der Waals surface area contributed by atoms with E-state index in [2.05, 4.69) is 33.1 Å². The summed E-state index contributed by atoms with van der Waals surface area (Å²) >= 11 is 3.99. The molecule has 0 saturated carbocycles. The first kappa shape index (κ1) is 17.7. The molecule has 0 amide bonds. The molecule has 0 radical (unpaired) electrons. The maximum absolute atomic E-state index is 2.63. The summed E-state index contributed by atoms with van der Waals surface area (Å²) in [5, 5.41) is 0. The van der Waals surface area contributed by atoms with Crippen LogP contribution in [-0.4, -0.2) is 72.5 Å². The molecule has 0 aromatic carbocycles. The minimum absolute atomic E-state index is 1.15. The first-order valence-electron chi connectivity index (χ1n) is 9.07. The lowest BCUT2D eigenvalue weighted by molar-refractivity contribution is 0.133. The van der Waals surface area contributed by atoms with Crippen molar-refractivity contribution in [1.29, 1.82) is 0 Å². The van der Waals surface area contributed by atoms with E-state index in [4.69, 9.17) is 0 Å². The highest BCUT2D eigenvalue weighted by Gasteiger charge is 2.17. The lowest BCUT2D eigenvalue weighted by Gasteiger charge is -2.34. The molecule has 1 aromatic heterocycles. The van der Waals surface area contributed by atoms with Crippen LogP contribution < -0.4 is 0 Å². The van der Waals surface area contributed by atoms with Gasteiger partial charge in [-0.1, -0.05) is 6.42 Å². The molecule has 0 bridgehead atoms. The molecule has 1 aromatic rings. The fourth-order valence-electron chi connectivity index (χ4n) is 3.54. The zero-order valence-corrected chi connectivity index (χ0v) is 16.1. The van der Waals surface area contributed by atoms with Crippen molar-refractivity contribution in [3.8, 4) is 0 Å². The quantitative estimate of drug-likeness (QED) is 0.744. The summed E-state index contributed by atoms with van der Waals surface area (Å²) in [6, 6.07) is 4.73. The first-order chi connectivity index (χ1) is 11.3. The Labute approximate surface area is 150 Å². The molecule has 0 aliphatic carbocycles. The molecular weight excluding hydrogens is 322 g/mol. The highest BCUT2D eigenvalue weighted by atomic mass is 32.2. The fraction of sp³-hybridized carbons (Fsp3) is 0.778. The maximum Gasteiger partial charge on any atom is 0.0329 e. The minimum atomic E-state index is 1.15. The van der Waals surface area contributed by atoms with Gasteiger partial charge in [-0.25, -0.2) is 0 Å². The lowest BCUT2D eigenvalue weighted by Crippen LogP contribution is -2.46. The second kappa shape index (κ2) is 9.42. The van der Waals surface area contributed by atoms with Gasteiger partial charge in [0.1, 0.15) is 0 Å². The summed E-state index contributed by atoms with van der Waals surface area (Å²) in [4.78, 5) is 11.0. The number of rotatable bonds is 7. The van der Waals surface area contributed by atoms with Crippen LogP contribution in [0.2, 0.25) is 0 Å². The van der Waals surface area contributed by atoms with Gasteiger partial charge in [-0.05, 0) is 44.3 Å². The van der Waals surface area contributed by atoms with Crippen LogP contribution in [0.1, 0.15) is 29.0 Å². The summed E-state index contributed by atoms with van der Waals surface area (Å²) < 4.78 is 0. The number of piperazine rings is 1. The van der Waals surface area contributed by atoms with Crippen molar-refractivity contribution in [2.24, 2.45) is 0 Å². The average molecular weight is 354 g/mol. The molecule has 3 nitrogen and oxygen atoms in total. The third kappa shape index (κ3) is 5.75. The number of piperidine rings is 1. The second-order valence-electron chi connectivity index (χ2n) is 6.82. The van der Waals surface area contributed by atoms with Gasteiger partial charge < -0.3 is 0 Å². The Morgan fingerprint density at radius 3 is 2.00 bits per heavy atom. The molecule has 0 atom stereocenters. The second-order valence-corrected chi connectivity index (χ2v) is 9.05. The highest BCUT2D eigenvalue weighted by molar-refractivity contribution is 7.98. The van der Waals surface area contributed by atoms with Crippen LogP contribution in [0, 0.1) is 0 Å². The Kier molecular flexibility index (Phi) is 7.27. The highest BCUT2D eigenvalue weighted by Crippen LogP contribution is 2.22. The van der Waals surface area contributed by atoms with E-state index in [0.29, 0.717) is 0 Å². The van der Waals surface area contributed by atoms with Crippen LogP contribution >= 0.6 is 23.1 Å². The van der Waals surface area contributed by atoms with E-state index in [1.54, 1.807) is 9.75 Å². The van der Waals surface area contributed by atoms with E-state index in [-0.39, 0.29) is 0 Å². The summed E-state index contributed by atoms with van der Waals surface area (Å²) in [5.41, 5.74) is 0. The van der Waals surface area contributed by atoms with Crippen molar-refractivity contribution < 1.29 is 0 Å². The van der Waals surface area contributed by atoms with Gasteiger partial charge in [0.05, 0.1) is 0 Å². The van der Waals surface area contributed by atoms with Crippen molar-refractivity contribution in [2.45, 2.75) is 32.4 Å². The molecule has 0 N–H and O–H groups in total. The number of hydrogen-bond acceptors (Lipinski definition) is 5. The van der Waals surface area contributed by atoms with Crippen LogP contribution in [0.15, 0.2) is 12.1 Å². The van der Waals surface area contributed by atoms with Gasteiger partial charge >= 0.3 is 0 Å². The van der Waals surface area contributed by atoms with Gasteiger partial charge in [0, 0.05) is 61.3 Å². The topological polar surface area (TPSA) is 9.72 Å². The molecular formula is C18H31N3S2. The van der Waals surface area contributed by atoms with Crippen LogP contribution in [0.5, 0.6) is 0 Å². The van der Waals surface area contributed by atoms with Crippen LogP contribution in [0.25, 0.3) is 0 Å². The van der Waals surface area contributed by atoms with Crippen molar-refractivity contribution >= 4 is 23.1 Å². The molecule has 2 fully saturated rings. The van der Waals surface area contributed by atoms with Gasteiger partial charge in [0.25, 0.3) is 0 Å². The molecule has 23 heavy (non-hydrogen) atoms. The SMILES string of the molecule is CSCCN1CCN(Cc2ccc(CN3CCCCC3)s2)CC1. The Balaban J connectivity index is 1.40. The monoisotopic (exact) mass is 353 g/mol. The predicted molar refractivity (Wildman–Crippen MR) is 104 cm³/mol. The largest absolute Gasteiger partial charge is 0.300 e. The zero-order chi connectivity index (χ0) is 15.9. The molecule has 3 heterocycles. The first-order valence-corrected chi connectivity index (χ1v) is 11.3. The van der Waals surface area contributed by atoms with E-state index in [1.807, 2.05) is 23.1 Å². The Morgan fingerprint density at radius 1 is 0.826 bits per heavy atom. The van der Waals surface area contributed by atoms with Gasteiger partial charge in [-0.15, -0.1) is 11.3 Å². The van der Waals surface area contributed by atoms with Crippen molar-refractivity contribution in [1.82, 2.24) is 14.7 Å². The number of hydrogen-bond donors (Lipinski definition) is 0. The third-order valence-electron chi connectivity index (χ3n) is 5.00. The fourth-order valence-corrected chi connectivity index (χ4v) is 5.09. The summed E-state index contributed by atoms with van der Waals surface area (Å²) in [6.07, 6.45) is 6.40. The zero-order valence-electron chi connectivity index (χ0n) is 14.5. The molecule has 5 heteroatoms. The lowest BCUT2D eigenvalue weighted by atomic mass is 10.1. The Hall–Kier alpha value is -0.0700. The maximum atomic E-state index is 2.63. The van der Waals surface area contributed by atoms with E-state index in [0.717, 1.165) is 6.54 Å². The Morgan fingerprint density at radius 2 is 1.39 bits per heavy atom. The average Bonchev–Trinajstić information content (AvgIpc) is 3.02. The molecule has 0 spiro atoms. The van der Waals surface area contributed by atoms with E-state index in [1.165, 1.54) is 77.4 Å². The molecule has 2 saturated heterocycles. The normalized spacial score (nSPS) is 21.8. The number of nitrogens with zero attached hydrogens (tertiary/aromatic N) is 3. The van der Waals surface area contributed by atoms with E-state index in [9.17, 15) is 0 Å². The van der Waals surface area contributed by atoms with Crippen LogP contribution in [-0.2, 0) is 13.1 Å². The summed E-state index contributed by atoms with van der Waals surface area (Å²) in [7, 11) is 0. The van der Waals surface area contributed by atoms with E-state index >= 15 is 0 Å². The molecule has 0 unspecified atom stereocenters. The third-order valence-corrected chi connectivity index (χ3v) is 6.65.